The summed E-state index contributed by atoms with van der Waals surface area (Å²) in [6, 6.07) is 18.2. The molecule has 0 radical (unpaired) electrons. The number of benzene rings is 3. The predicted molar refractivity (Wildman–Crippen MR) is 174 cm³/mol. The monoisotopic (exact) mass is 619 g/mol. The number of methoxy groups -OCH3 is 1. The summed E-state index contributed by atoms with van der Waals surface area (Å²) < 4.78 is 10.8. The van der Waals surface area contributed by atoms with Crippen molar-refractivity contribution in [3.05, 3.63) is 72.3 Å². The van der Waals surface area contributed by atoms with Crippen molar-refractivity contribution in [1.29, 1.82) is 0 Å². The molecule has 0 heterocycles. The number of fused-ring (bicyclic) bond motifs is 1. The minimum atomic E-state index is -1.05. The highest BCUT2D eigenvalue weighted by Crippen LogP contribution is 2.30. The summed E-state index contributed by atoms with van der Waals surface area (Å²) >= 11 is 0. The number of carbonyl (C=O) groups excluding carboxylic acids is 3. The Morgan fingerprint density at radius 2 is 1.38 bits per heavy atom. The van der Waals surface area contributed by atoms with Crippen molar-refractivity contribution in [2.45, 2.75) is 44.4 Å². The topological polar surface area (TPSA) is 235 Å². The number of hydrogen-bond acceptors (Lipinski definition) is 7. The van der Waals surface area contributed by atoms with Crippen LogP contribution in [0.3, 0.4) is 0 Å². The highest BCUT2D eigenvalue weighted by molar-refractivity contribution is 6.01. The Morgan fingerprint density at radius 1 is 0.778 bits per heavy atom. The second kappa shape index (κ2) is 17.6. The first-order chi connectivity index (χ1) is 21.7. The fourth-order valence-corrected chi connectivity index (χ4v) is 4.47. The molecule has 3 amide bonds. The van der Waals surface area contributed by atoms with Crippen molar-refractivity contribution in [1.82, 2.24) is 10.6 Å². The van der Waals surface area contributed by atoms with Crippen LogP contribution in [0.25, 0.3) is 10.8 Å². The van der Waals surface area contributed by atoms with E-state index in [0.29, 0.717) is 24.3 Å². The van der Waals surface area contributed by atoms with Crippen LogP contribution in [0.5, 0.6) is 5.75 Å². The van der Waals surface area contributed by atoms with E-state index in [2.05, 4.69) is 25.9 Å². The van der Waals surface area contributed by atoms with E-state index in [1.807, 2.05) is 60.7 Å². The van der Waals surface area contributed by atoms with Gasteiger partial charge in [-0.3, -0.25) is 19.6 Å². The first-order valence-corrected chi connectivity index (χ1v) is 14.4. The number of nitrogens with zero attached hydrogens (tertiary/aromatic N) is 2. The third kappa shape index (κ3) is 11.6. The Morgan fingerprint density at radius 3 is 2.00 bits per heavy atom. The van der Waals surface area contributed by atoms with Gasteiger partial charge in [-0.05, 0) is 42.7 Å². The number of carbonyl (C=O) groups is 3. The van der Waals surface area contributed by atoms with E-state index in [1.54, 1.807) is 13.2 Å². The summed E-state index contributed by atoms with van der Waals surface area (Å²) in [7, 11) is 1.55. The molecule has 3 aromatic carbocycles. The van der Waals surface area contributed by atoms with E-state index < -0.39 is 30.0 Å². The Labute approximate surface area is 261 Å². The molecule has 0 spiro atoms. The summed E-state index contributed by atoms with van der Waals surface area (Å²) in [5.41, 5.74) is 23.0. The average Bonchev–Trinajstić information content (AvgIpc) is 3.02. The van der Waals surface area contributed by atoms with Gasteiger partial charge in [0.1, 0.15) is 24.4 Å². The van der Waals surface area contributed by atoms with Crippen LogP contribution in [0, 0.1) is 0 Å². The number of hydrogen-bond donors (Lipinski definition) is 7. The largest absolute Gasteiger partial charge is 0.496 e. The highest BCUT2D eigenvalue weighted by atomic mass is 16.5. The van der Waals surface area contributed by atoms with Crippen LogP contribution in [0.2, 0.25) is 0 Å². The molecule has 0 fully saturated rings. The van der Waals surface area contributed by atoms with Crippen molar-refractivity contribution < 1.29 is 23.9 Å². The van der Waals surface area contributed by atoms with Gasteiger partial charge >= 0.3 is 6.09 Å². The smallest absolute Gasteiger partial charge is 0.408 e. The second-order valence-corrected chi connectivity index (χ2v) is 10.1. The first-order valence-electron chi connectivity index (χ1n) is 14.4. The molecule has 0 aliphatic carbocycles. The molecule has 11 N–H and O–H groups in total. The number of alkyl carbamates (subject to hydrolysis) is 1. The van der Waals surface area contributed by atoms with Crippen LogP contribution in [-0.2, 0) is 20.9 Å². The molecule has 0 aliphatic rings. The molecule has 0 aromatic heterocycles. The third-order valence-corrected chi connectivity index (χ3v) is 6.66. The van der Waals surface area contributed by atoms with Gasteiger partial charge in [0, 0.05) is 30.2 Å². The predicted octanol–water partition coefficient (Wildman–Crippen LogP) is 1.67. The summed E-state index contributed by atoms with van der Waals surface area (Å²) in [5, 5.41) is 9.98. The van der Waals surface area contributed by atoms with Gasteiger partial charge < -0.3 is 48.4 Å². The molecule has 14 nitrogen and oxygen atoms in total. The lowest BCUT2D eigenvalue weighted by Crippen LogP contribution is -2.52. The maximum atomic E-state index is 13.5. The Balaban J connectivity index is 1.76. The normalized spacial score (nSPS) is 11.8. The molecule has 3 aromatic rings. The van der Waals surface area contributed by atoms with Crippen molar-refractivity contribution in [3.8, 4) is 5.75 Å². The fourth-order valence-electron chi connectivity index (χ4n) is 4.47. The number of nitrogens with two attached hydrogens (primary N) is 4. The van der Waals surface area contributed by atoms with Gasteiger partial charge in [0.25, 0.3) is 0 Å². The number of guanidine groups is 2. The number of anilines is 1. The van der Waals surface area contributed by atoms with Crippen molar-refractivity contribution in [2.75, 3.05) is 25.5 Å². The lowest BCUT2D eigenvalue weighted by Gasteiger charge is -2.23. The van der Waals surface area contributed by atoms with Crippen LogP contribution in [0.15, 0.2) is 76.7 Å². The Bertz CT molecular complexity index is 1490. The summed E-state index contributed by atoms with van der Waals surface area (Å²) in [6.45, 7) is 0.497. The second-order valence-electron chi connectivity index (χ2n) is 10.1. The fraction of sp³-hybridized carbons (Fsp3) is 0.323. The number of rotatable bonds is 16. The summed E-state index contributed by atoms with van der Waals surface area (Å²) in [4.78, 5) is 47.6. The number of amides is 3. The van der Waals surface area contributed by atoms with Gasteiger partial charge in [-0.1, -0.05) is 54.6 Å². The Hall–Kier alpha value is -5.53. The van der Waals surface area contributed by atoms with Gasteiger partial charge in [0.15, 0.2) is 11.9 Å². The quantitative estimate of drug-likeness (QED) is 0.0700. The van der Waals surface area contributed by atoms with Crippen LogP contribution < -0.4 is 43.6 Å². The average molecular weight is 620 g/mol. The summed E-state index contributed by atoms with van der Waals surface area (Å²) in [6.07, 6.45) is 0.343. The van der Waals surface area contributed by atoms with E-state index in [9.17, 15) is 14.4 Å². The van der Waals surface area contributed by atoms with Gasteiger partial charge in [0.2, 0.25) is 11.8 Å². The minimum absolute atomic E-state index is 0.0139. The lowest BCUT2D eigenvalue weighted by molar-refractivity contribution is -0.128. The molecule has 3 rings (SSSR count). The van der Waals surface area contributed by atoms with Gasteiger partial charge in [-0.2, -0.15) is 0 Å². The number of ether oxygens (including phenoxy) is 2. The maximum absolute atomic E-state index is 13.5. The van der Waals surface area contributed by atoms with Crippen molar-refractivity contribution in [2.24, 2.45) is 32.9 Å². The molecule has 0 saturated carbocycles. The van der Waals surface area contributed by atoms with Crippen LogP contribution in [0.4, 0.5) is 10.5 Å². The lowest BCUT2D eigenvalue weighted by atomic mass is 10.1. The van der Waals surface area contributed by atoms with E-state index in [-0.39, 0.29) is 44.5 Å². The van der Waals surface area contributed by atoms with Gasteiger partial charge in [0.05, 0.1) is 7.11 Å². The third-order valence-electron chi connectivity index (χ3n) is 6.66. The zero-order valence-corrected chi connectivity index (χ0v) is 25.2. The van der Waals surface area contributed by atoms with Crippen LogP contribution in [-0.4, -0.2) is 62.1 Å². The zero-order chi connectivity index (χ0) is 32.6. The SMILES string of the molecule is COc1cc(NC(=O)[C@H](CCCN=C(N)N)NC(=O)[C@H](CCCN=C(N)N)NC(=O)OCc2ccccc2)cc2ccccc12. The first kappa shape index (κ1) is 34.0. The minimum Gasteiger partial charge on any atom is -0.496 e. The maximum Gasteiger partial charge on any atom is 0.408 e. The molecule has 0 aliphatic heterocycles. The Kier molecular flexibility index (Phi) is 13.2. The number of nitrogens with one attached hydrogen (secondary N) is 3. The molecule has 45 heavy (non-hydrogen) atoms. The van der Waals surface area contributed by atoms with Gasteiger partial charge in [-0.15, -0.1) is 0 Å². The zero-order valence-electron chi connectivity index (χ0n) is 25.2. The molecule has 2 atom stereocenters. The molecule has 0 unspecified atom stereocenters. The highest BCUT2D eigenvalue weighted by Gasteiger charge is 2.27. The van der Waals surface area contributed by atoms with E-state index in [1.165, 1.54) is 0 Å². The van der Waals surface area contributed by atoms with E-state index >= 15 is 0 Å². The standard InChI is InChI=1S/C31H41N9O5/c1-44-26-18-22(17-21-11-5-6-12-23(21)26)38-27(41)24(13-7-15-36-29(32)33)39-28(42)25(14-8-16-37-30(34)35)40-31(43)45-19-20-9-3-2-4-10-20/h2-6,9-12,17-18,24-25H,7-8,13-16,19H2,1H3,(H,38,41)(H,39,42)(H,40,43)(H4,32,33,36)(H4,34,35,37)/t24-,25-/m0/s1. The van der Waals surface area contributed by atoms with E-state index in [0.717, 1.165) is 16.3 Å². The summed E-state index contributed by atoms with van der Waals surface area (Å²) in [5.74, 6) is -0.655. The van der Waals surface area contributed by atoms with Crippen LogP contribution >= 0.6 is 0 Å². The number of aliphatic imine (C=N–C) groups is 2. The molecule has 14 heteroatoms. The van der Waals surface area contributed by atoms with Crippen molar-refractivity contribution in [3.63, 3.8) is 0 Å². The molecular formula is C31H41N9O5. The van der Waals surface area contributed by atoms with Crippen molar-refractivity contribution >= 4 is 46.3 Å². The van der Waals surface area contributed by atoms with Gasteiger partial charge in [-0.25, -0.2) is 4.79 Å². The molecule has 0 bridgehead atoms. The molecule has 240 valence electrons. The molecule has 0 saturated heterocycles. The van der Waals surface area contributed by atoms with E-state index in [4.69, 9.17) is 32.4 Å². The van der Waals surface area contributed by atoms with Crippen LogP contribution in [0.1, 0.15) is 31.2 Å². The molecular weight excluding hydrogens is 578 g/mol.